The van der Waals surface area contributed by atoms with Crippen LogP contribution in [0, 0.1) is 0 Å². The summed E-state index contributed by atoms with van der Waals surface area (Å²) in [6, 6.07) is 5.42. The van der Waals surface area contributed by atoms with Crippen LogP contribution < -0.4 is 0 Å². The molecule has 98 valence electrons. The van der Waals surface area contributed by atoms with Crippen molar-refractivity contribution in [3.8, 4) is 0 Å². The van der Waals surface area contributed by atoms with Gasteiger partial charge in [0.05, 0.1) is 13.2 Å². The molecule has 18 heavy (non-hydrogen) atoms. The number of aryl methyl sites for hydroxylation is 1. The smallest absolute Gasteiger partial charge is 0.329 e. The molecule has 3 nitrogen and oxygen atoms in total. The van der Waals surface area contributed by atoms with Gasteiger partial charge in [-0.1, -0.05) is 17.7 Å². The Morgan fingerprint density at radius 2 is 2.39 bits per heavy atom. The molecule has 0 saturated heterocycles. The first-order valence-electron chi connectivity index (χ1n) is 5.85. The number of esters is 1. The van der Waals surface area contributed by atoms with Crippen LogP contribution in [0.2, 0.25) is 5.02 Å². The molecule has 0 radical (unpaired) electrons. The summed E-state index contributed by atoms with van der Waals surface area (Å²) in [6.45, 7) is 1.81. The third-order valence-corrected chi connectivity index (χ3v) is 4.70. The van der Waals surface area contributed by atoms with E-state index in [1.807, 2.05) is 12.1 Å². The highest BCUT2D eigenvalue weighted by Gasteiger charge is 2.45. The first kappa shape index (κ1) is 13.7. The van der Waals surface area contributed by atoms with E-state index in [0.717, 1.165) is 23.3 Å². The lowest BCUT2D eigenvalue weighted by Crippen LogP contribution is -2.41. The van der Waals surface area contributed by atoms with E-state index >= 15 is 0 Å². The van der Waals surface area contributed by atoms with Crippen LogP contribution in [0.3, 0.4) is 0 Å². The van der Waals surface area contributed by atoms with Crippen LogP contribution in [-0.4, -0.2) is 30.0 Å². The normalized spacial score (nSPS) is 22.4. The molecular formula is C13H15ClO3S. The van der Waals surface area contributed by atoms with Gasteiger partial charge in [-0.3, -0.25) is 4.79 Å². The molecule has 0 aromatic heterocycles. The van der Waals surface area contributed by atoms with Crippen LogP contribution in [0.15, 0.2) is 18.2 Å². The number of halogens is 1. The zero-order valence-electron chi connectivity index (χ0n) is 10.1. The maximum Gasteiger partial charge on any atom is 0.329 e. The number of rotatable bonds is 3. The predicted octanol–water partition coefficient (Wildman–Crippen LogP) is 2.38. The summed E-state index contributed by atoms with van der Waals surface area (Å²) < 4.78 is 4.12. The van der Waals surface area contributed by atoms with E-state index in [4.69, 9.17) is 16.3 Å². The van der Waals surface area contributed by atoms with Crippen molar-refractivity contribution in [3.05, 3.63) is 34.3 Å². The van der Waals surface area contributed by atoms with Crippen molar-refractivity contribution in [1.29, 1.82) is 0 Å². The Morgan fingerprint density at radius 3 is 3.06 bits per heavy atom. The number of aliphatic hydroxyl groups excluding tert-OH is 1. The number of carbonyl (C=O) groups excluding carboxylic acids is 1. The highest BCUT2D eigenvalue weighted by Crippen LogP contribution is 2.44. The molecule has 1 aliphatic rings. The minimum atomic E-state index is -0.992. The van der Waals surface area contributed by atoms with E-state index in [-0.39, 0.29) is 12.6 Å². The van der Waals surface area contributed by atoms with Gasteiger partial charge < -0.3 is 9.84 Å². The summed E-state index contributed by atoms with van der Waals surface area (Å²) in [7, 11) is 0. The van der Waals surface area contributed by atoms with Crippen molar-refractivity contribution in [3.63, 3.8) is 0 Å². The van der Waals surface area contributed by atoms with Gasteiger partial charge >= 0.3 is 5.97 Å². The van der Waals surface area contributed by atoms with Crippen molar-refractivity contribution in [1.82, 2.24) is 0 Å². The van der Waals surface area contributed by atoms with Crippen LogP contribution in [-0.2, 0) is 20.7 Å². The number of hydrogen-bond donors (Lipinski definition) is 1. The molecule has 0 saturated carbocycles. The lowest BCUT2D eigenvalue weighted by molar-refractivity contribution is -0.147. The second-order valence-electron chi connectivity index (χ2n) is 4.11. The number of aliphatic hydroxyl groups is 1. The minimum Gasteiger partial charge on any atom is -0.465 e. The van der Waals surface area contributed by atoms with Gasteiger partial charge in [0.25, 0.3) is 0 Å². The van der Waals surface area contributed by atoms with E-state index in [9.17, 15) is 9.90 Å². The van der Waals surface area contributed by atoms with Crippen molar-refractivity contribution in [2.24, 2.45) is 0 Å². The van der Waals surface area contributed by atoms with Crippen LogP contribution in [0.1, 0.15) is 18.1 Å². The molecule has 1 atom stereocenters. The molecule has 1 unspecified atom stereocenters. The maximum atomic E-state index is 12.2. The Bertz CT molecular complexity index is 464. The summed E-state index contributed by atoms with van der Waals surface area (Å²) in [5.41, 5.74) is 1.84. The second kappa shape index (κ2) is 5.51. The summed E-state index contributed by atoms with van der Waals surface area (Å²) in [4.78, 5) is 12.2. The van der Waals surface area contributed by atoms with E-state index in [1.165, 1.54) is 11.8 Å². The van der Waals surface area contributed by atoms with Gasteiger partial charge in [-0.15, -0.1) is 11.8 Å². The maximum absolute atomic E-state index is 12.2. The van der Waals surface area contributed by atoms with Crippen LogP contribution >= 0.6 is 23.4 Å². The highest BCUT2D eigenvalue weighted by atomic mass is 35.5. The van der Waals surface area contributed by atoms with Gasteiger partial charge in [0.15, 0.2) is 4.75 Å². The number of hydrogen-bond acceptors (Lipinski definition) is 4. The summed E-state index contributed by atoms with van der Waals surface area (Å²) in [6.07, 6.45) is 0.849. The van der Waals surface area contributed by atoms with E-state index in [0.29, 0.717) is 11.6 Å². The van der Waals surface area contributed by atoms with Gasteiger partial charge in [0.2, 0.25) is 0 Å². The Hall–Kier alpha value is -0.710. The molecule has 0 bridgehead atoms. The van der Waals surface area contributed by atoms with Crippen molar-refractivity contribution < 1.29 is 14.6 Å². The Morgan fingerprint density at radius 1 is 1.61 bits per heavy atom. The van der Waals surface area contributed by atoms with Gasteiger partial charge in [-0.25, -0.2) is 0 Å². The minimum absolute atomic E-state index is 0.259. The van der Waals surface area contributed by atoms with Crippen molar-refractivity contribution in [2.45, 2.75) is 18.1 Å². The SMILES string of the molecule is CCOC(=O)C1(CO)SCCc2cc(Cl)ccc21. The zero-order chi connectivity index (χ0) is 13.2. The largest absolute Gasteiger partial charge is 0.465 e. The van der Waals surface area contributed by atoms with Crippen LogP contribution in [0.25, 0.3) is 0 Å². The first-order chi connectivity index (χ1) is 8.64. The molecule has 0 aliphatic carbocycles. The molecule has 1 aromatic carbocycles. The number of carbonyl (C=O) groups is 1. The summed E-state index contributed by atoms with van der Waals surface area (Å²) >= 11 is 7.41. The number of benzene rings is 1. The van der Waals surface area contributed by atoms with Gasteiger partial charge in [-0.05, 0) is 42.4 Å². The second-order valence-corrected chi connectivity index (χ2v) is 5.94. The lowest BCUT2D eigenvalue weighted by atomic mass is 9.92. The Labute approximate surface area is 115 Å². The molecule has 5 heteroatoms. The number of ether oxygens (including phenoxy) is 1. The monoisotopic (exact) mass is 286 g/mol. The average molecular weight is 287 g/mol. The van der Waals surface area contributed by atoms with Crippen LogP contribution in [0.4, 0.5) is 0 Å². The molecule has 1 aromatic rings. The quantitative estimate of drug-likeness (QED) is 0.867. The number of thioether (sulfide) groups is 1. The van der Waals surface area contributed by atoms with Crippen molar-refractivity contribution >= 4 is 29.3 Å². The molecule has 1 aliphatic heterocycles. The van der Waals surface area contributed by atoms with Crippen molar-refractivity contribution in [2.75, 3.05) is 19.0 Å². The fraction of sp³-hybridized carbons (Fsp3) is 0.462. The van der Waals surface area contributed by atoms with Gasteiger partial charge in [0, 0.05) is 5.02 Å². The van der Waals surface area contributed by atoms with Gasteiger partial charge in [0.1, 0.15) is 0 Å². The fourth-order valence-corrected chi connectivity index (χ4v) is 3.68. The lowest BCUT2D eigenvalue weighted by Gasteiger charge is -2.34. The third-order valence-electron chi connectivity index (χ3n) is 3.05. The highest BCUT2D eigenvalue weighted by molar-refractivity contribution is 8.01. The Balaban J connectivity index is 2.48. The van der Waals surface area contributed by atoms with Crippen LogP contribution in [0.5, 0.6) is 0 Å². The molecular weight excluding hydrogens is 272 g/mol. The Kier molecular flexibility index (Phi) is 4.20. The number of fused-ring (bicyclic) bond motifs is 1. The molecule has 1 heterocycles. The fourth-order valence-electron chi connectivity index (χ4n) is 2.19. The topological polar surface area (TPSA) is 46.5 Å². The molecule has 0 amide bonds. The zero-order valence-corrected chi connectivity index (χ0v) is 11.7. The van der Waals surface area contributed by atoms with E-state index < -0.39 is 4.75 Å². The molecule has 2 rings (SSSR count). The standard InChI is InChI=1S/C13H15ClO3S/c1-2-17-12(16)13(8-15)11-4-3-10(14)7-9(11)5-6-18-13/h3-4,7,15H,2,5-6,8H2,1H3. The van der Waals surface area contributed by atoms with E-state index in [1.54, 1.807) is 13.0 Å². The third kappa shape index (κ3) is 2.25. The molecule has 1 N–H and O–H groups in total. The summed E-state index contributed by atoms with van der Waals surface area (Å²) in [5, 5.41) is 10.3. The predicted molar refractivity (Wildman–Crippen MR) is 73.0 cm³/mol. The molecule has 0 fully saturated rings. The molecule has 0 spiro atoms. The average Bonchev–Trinajstić information content (AvgIpc) is 2.37. The van der Waals surface area contributed by atoms with Gasteiger partial charge in [-0.2, -0.15) is 0 Å². The van der Waals surface area contributed by atoms with E-state index in [2.05, 4.69) is 0 Å². The first-order valence-corrected chi connectivity index (χ1v) is 7.21. The summed E-state index contributed by atoms with van der Waals surface area (Å²) in [5.74, 6) is 0.396.